The Morgan fingerprint density at radius 2 is 1.83 bits per heavy atom. The third-order valence-electron chi connectivity index (χ3n) is 4.67. The van der Waals surface area contributed by atoms with Crippen LogP contribution < -0.4 is 5.01 Å². The Bertz CT molecular complexity index is 1180. The second-order valence-electron chi connectivity index (χ2n) is 6.66. The number of aryl methyl sites for hydroxylation is 1. The third-order valence-corrected chi connectivity index (χ3v) is 4.67. The van der Waals surface area contributed by atoms with E-state index in [2.05, 4.69) is 5.10 Å². The maximum atomic E-state index is 12.8. The van der Waals surface area contributed by atoms with Crippen molar-refractivity contribution in [2.45, 2.75) is 13.8 Å². The van der Waals surface area contributed by atoms with E-state index >= 15 is 0 Å². The van der Waals surface area contributed by atoms with Crippen LogP contribution in [0.15, 0.2) is 75.8 Å². The smallest absolute Gasteiger partial charge is 0.280 e. The monoisotopic (exact) mass is 387 g/mol. The molecule has 0 unspecified atom stereocenters. The molecular weight excluding hydrogens is 370 g/mol. The lowest BCUT2D eigenvalue weighted by atomic mass is 10.1. The Labute approximate surface area is 166 Å². The van der Waals surface area contributed by atoms with Gasteiger partial charge in [-0.2, -0.15) is 10.1 Å². The summed E-state index contributed by atoms with van der Waals surface area (Å²) in [4.78, 5) is 23.5. The van der Waals surface area contributed by atoms with Crippen LogP contribution in [-0.4, -0.2) is 16.5 Å². The van der Waals surface area contributed by atoms with Crippen LogP contribution in [0.4, 0.5) is 11.4 Å². The average molecular weight is 387 g/mol. The number of nitro benzene ring substituents is 1. The number of nitro groups is 1. The van der Waals surface area contributed by atoms with E-state index in [9.17, 15) is 14.9 Å². The number of benzene rings is 2. The molecule has 29 heavy (non-hydrogen) atoms. The number of anilines is 1. The van der Waals surface area contributed by atoms with E-state index in [4.69, 9.17) is 4.42 Å². The predicted molar refractivity (Wildman–Crippen MR) is 111 cm³/mol. The highest BCUT2D eigenvalue weighted by molar-refractivity contribution is 6.32. The highest BCUT2D eigenvalue weighted by Crippen LogP contribution is 2.30. The zero-order chi connectivity index (χ0) is 20.5. The molecule has 7 nitrogen and oxygen atoms in total. The summed E-state index contributed by atoms with van der Waals surface area (Å²) < 4.78 is 5.82. The summed E-state index contributed by atoms with van der Waals surface area (Å²) in [7, 11) is 0. The van der Waals surface area contributed by atoms with E-state index in [1.165, 1.54) is 11.1 Å². The van der Waals surface area contributed by atoms with Crippen molar-refractivity contribution >= 4 is 29.1 Å². The molecule has 0 aliphatic carbocycles. The molecule has 0 fully saturated rings. The van der Waals surface area contributed by atoms with E-state index in [1.54, 1.807) is 44.2 Å². The number of rotatable bonds is 4. The number of carbonyl (C=O) groups is 1. The number of hydrogen-bond acceptors (Lipinski definition) is 5. The molecule has 1 aromatic heterocycles. The second kappa shape index (κ2) is 7.20. The number of amides is 1. The second-order valence-corrected chi connectivity index (χ2v) is 6.66. The molecule has 0 N–H and O–H groups in total. The summed E-state index contributed by atoms with van der Waals surface area (Å²) in [6.07, 6.45) is 1.64. The molecule has 144 valence electrons. The summed E-state index contributed by atoms with van der Waals surface area (Å²) in [6.45, 7) is 3.45. The van der Waals surface area contributed by atoms with E-state index < -0.39 is 4.92 Å². The topological polar surface area (TPSA) is 89.0 Å². The standard InChI is InChI=1S/C22H17N3O4/c1-14-8-9-16(12-20(14)25(27)28)21-11-10-18(29-21)13-19-15(2)23-24(22(19)26)17-6-4-3-5-7-17/h3-13H,1-2H3/b19-13+. The van der Waals surface area contributed by atoms with Crippen molar-refractivity contribution in [1.29, 1.82) is 0 Å². The van der Waals surface area contributed by atoms with Crippen molar-refractivity contribution in [2.75, 3.05) is 5.01 Å². The third kappa shape index (κ3) is 3.45. The number of hydrazone groups is 1. The largest absolute Gasteiger partial charge is 0.457 e. The Morgan fingerprint density at radius 1 is 1.07 bits per heavy atom. The predicted octanol–water partition coefficient (Wildman–Crippen LogP) is 4.97. The molecule has 0 radical (unpaired) electrons. The minimum Gasteiger partial charge on any atom is -0.457 e. The summed E-state index contributed by atoms with van der Waals surface area (Å²) in [5, 5.41) is 16.9. The van der Waals surface area contributed by atoms with Gasteiger partial charge in [0, 0.05) is 17.2 Å². The molecule has 0 atom stereocenters. The fraction of sp³-hybridized carbons (Fsp3) is 0.0909. The van der Waals surface area contributed by atoms with Crippen LogP contribution in [0.1, 0.15) is 18.2 Å². The van der Waals surface area contributed by atoms with Gasteiger partial charge in [-0.1, -0.05) is 30.3 Å². The maximum Gasteiger partial charge on any atom is 0.280 e. The summed E-state index contributed by atoms with van der Waals surface area (Å²) >= 11 is 0. The Balaban J connectivity index is 1.63. The molecule has 3 aromatic rings. The molecule has 0 spiro atoms. The summed E-state index contributed by atoms with van der Waals surface area (Å²) in [5.74, 6) is 0.716. The van der Waals surface area contributed by atoms with Crippen LogP contribution in [-0.2, 0) is 4.79 Å². The van der Waals surface area contributed by atoms with Crippen LogP contribution >= 0.6 is 0 Å². The van der Waals surface area contributed by atoms with Crippen LogP contribution in [0.2, 0.25) is 0 Å². The molecule has 7 heteroatoms. The van der Waals surface area contributed by atoms with Crippen LogP contribution in [0.25, 0.3) is 17.4 Å². The molecule has 1 aliphatic heterocycles. The number of hydrogen-bond donors (Lipinski definition) is 0. The first-order valence-electron chi connectivity index (χ1n) is 8.96. The van der Waals surface area contributed by atoms with Crippen LogP contribution in [0.3, 0.4) is 0 Å². The summed E-state index contributed by atoms with van der Waals surface area (Å²) in [6, 6.07) is 17.6. The molecule has 2 aromatic carbocycles. The first-order chi connectivity index (χ1) is 13.9. The molecular formula is C22H17N3O4. The highest BCUT2D eigenvalue weighted by Gasteiger charge is 2.29. The first kappa shape index (κ1) is 18.4. The van der Waals surface area contributed by atoms with Crippen molar-refractivity contribution in [1.82, 2.24) is 0 Å². The van der Waals surface area contributed by atoms with E-state index in [0.29, 0.717) is 39.6 Å². The van der Waals surface area contributed by atoms with Gasteiger partial charge in [0.2, 0.25) is 0 Å². The Morgan fingerprint density at radius 3 is 2.55 bits per heavy atom. The SMILES string of the molecule is CC1=NN(c2ccccc2)C(=O)/C1=C/c1ccc(-c2ccc(C)c([N+](=O)[O-])c2)o1. The molecule has 1 aliphatic rings. The van der Waals surface area contributed by atoms with E-state index in [-0.39, 0.29) is 11.6 Å². The Kier molecular flexibility index (Phi) is 4.56. The van der Waals surface area contributed by atoms with Crippen molar-refractivity contribution in [3.63, 3.8) is 0 Å². The van der Waals surface area contributed by atoms with Gasteiger partial charge in [-0.15, -0.1) is 0 Å². The zero-order valence-corrected chi connectivity index (χ0v) is 15.8. The molecule has 0 saturated carbocycles. The molecule has 1 amide bonds. The van der Waals surface area contributed by atoms with E-state index in [0.717, 1.165) is 0 Å². The Hall–Kier alpha value is -4.00. The van der Waals surface area contributed by atoms with Crippen molar-refractivity contribution < 1.29 is 14.1 Å². The van der Waals surface area contributed by atoms with Crippen molar-refractivity contribution in [3.8, 4) is 11.3 Å². The normalized spacial score (nSPS) is 15.1. The molecule has 2 heterocycles. The first-order valence-corrected chi connectivity index (χ1v) is 8.96. The minimum atomic E-state index is -0.417. The van der Waals surface area contributed by atoms with Crippen LogP contribution in [0, 0.1) is 17.0 Å². The fourth-order valence-electron chi connectivity index (χ4n) is 3.12. The van der Waals surface area contributed by atoms with Gasteiger partial charge < -0.3 is 4.42 Å². The lowest BCUT2D eigenvalue weighted by Gasteiger charge is -2.10. The van der Waals surface area contributed by atoms with Crippen molar-refractivity contribution in [2.24, 2.45) is 5.10 Å². The number of para-hydroxylation sites is 1. The van der Waals surface area contributed by atoms with Gasteiger partial charge in [0.1, 0.15) is 11.5 Å². The highest BCUT2D eigenvalue weighted by atomic mass is 16.6. The number of nitrogens with zero attached hydrogens (tertiary/aromatic N) is 3. The van der Waals surface area contributed by atoms with Crippen LogP contribution in [0.5, 0.6) is 0 Å². The average Bonchev–Trinajstić information content (AvgIpc) is 3.29. The van der Waals surface area contributed by atoms with E-state index in [1.807, 2.05) is 30.3 Å². The molecule has 4 rings (SSSR count). The lowest BCUT2D eigenvalue weighted by Crippen LogP contribution is -2.21. The quantitative estimate of drug-likeness (QED) is 0.359. The molecule has 0 bridgehead atoms. The van der Waals surface area contributed by atoms with Gasteiger partial charge >= 0.3 is 0 Å². The van der Waals surface area contributed by atoms with Gasteiger partial charge in [0.05, 0.1) is 21.9 Å². The fourth-order valence-corrected chi connectivity index (χ4v) is 3.12. The van der Waals surface area contributed by atoms with Crippen molar-refractivity contribution in [3.05, 3.63) is 87.7 Å². The number of furan rings is 1. The summed E-state index contributed by atoms with van der Waals surface area (Å²) in [5.41, 5.74) is 2.92. The van der Waals surface area contributed by atoms with Gasteiger partial charge in [-0.25, -0.2) is 0 Å². The van der Waals surface area contributed by atoms with Gasteiger partial charge in [-0.3, -0.25) is 14.9 Å². The minimum absolute atomic E-state index is 0.0336. The van der Waals surface area contributed by atoms with Gasteiger partial charge in [-0.05, 0) is 44.2 Å². The van der Waals surface area contributed by atoms with Gasteiger partial charge in [0.15, 0.2) is 0 Å². The lowest BCUT2D eigenvalue weighted by molar-refractivity contribution is -0.385. The number of carbonyl (C=O) groups excluding carboxylic acids is 1. The molecule has 0 saturated heterocycles. The zero-order valence-electron chi connectivity index (χ0n) is 15.8. The van der Waals surface area contributed by atoms with Gasteiger partial charge in [0.25, 0.3) is 11.6 Å². The maximum absolute atomic E-state index is 12.8.